The molecule has 0 aliphatic carbocycles. The number of aryl methyl sites for hydroxylation is 1. The smallest absolute Gasteiger partial charge is 0.162 e. The predicted molar refractivity (Wildman–Crippen MR) is 62.9 cm³/mol. The van der Waals surface area contributed by atoms with E-state index in [4.69, 9.17) is 0 Å². The zero-order valence-electron chi connectivity index (χ0n) is 9.47. The molecule has 0 unspecified atom stereocenters. The number of nitrogens with zero attached hydrogens (tertiary/aromatic N) is 2. The Balaban J connectivity index is 2.39. The Hall–Kier alpha value is -1.90. The largest absolute Gasteiger partial charge is 0.294 e. The van der Waals surface area contributed by atoms with Crippen molar-refractivity contribution in [2.45, 2.75) is 20.3 Å². The highest BCUT2D eigenvalue weighted by Gasteiger charge is 2.05. The zero-order valence-corrected chi connectivity index (χ0v) is 9.47. The van der Waals surface area contributed by atoms with Crippen molar-refractivity contribution in [2.75, 3.05) is 0 Å². The minimum Gasteiger partial charge on any atom is -0.294 e. The van der Waals surface area contributed by atoms with Gasteiger partial charge >= 0.3 is 0 Å². The van der Waals surface area contributed by atoms with Gasteiger partial charge in [0, 0.05) is 18.2 Å². The second-order valence-corrected chi connectivity index (χ2v) is 3.79. The average Bonchev–Trinajstić information content (AvgIpc) is 2.75. The lowest BCUT2D eigenvalue weighted by Crippen LogP contribution is -2.00. The third kappa shape index (κ3) is 2.03. The monoisotopic (exact) mass is 214 g/mol. The van der Waals surface area contributed by atoms with Crippen LogP contribution in [0.1, 0.15) is 29.3 Å². The molecule has 0 bridgehead atoms. The van der Waals surface area contributed by atoms with Crippen molar-refractivity contribution in [1.29, 1.82) is 0 Å². The standard InChI is InChI=1S/C13H14N2O/c1-3-13(16)11-5-4-6-12(7-11)15-9-10(2)8-14-15/h4-9H,3H2,1-2H3. The highest BCUT2D eigenvalue weighted by molar-refractivity contribution is 5.96. The fourth-order valence-corrected chi connectivity index (χ4v) is 1.58. The van der Waals surface area contributed by atoms with Crippen LogP contribution in [0.5, 0.6) is 0 Å². The Labute approximate surface area is 94.7 Å². The number of ketones is 1. The van der Waals surface area contributed by atoms with Gasteiger partial charge in [-0.1, -0.05) is 19.1 Å². The predicted octanol–water partition coefficient (Wildman–Crippen LogP) is 2.77. The molecule has 0 radical (unpaired) electrons. The first-order chi connectivity index (χ1) is 7.70. The molecule has 3 heteroatoms. The molecule has 1 aromatic heterocycles. The van der Waals surface area contributed by atoms with E-state index in [1.807, 2.05) is 44.3 Å². The normalized spacial score (nSPS) is 10.4. The molecular formula is C13H14N2O. The lowest BCUT2D eigenvalue weighted by Gasteiger charge is -2.03. The van der Waals surface area contributed by atoms with Crippen molar-refractivity contribution >= 4 is 5.78 Å². The van der Waals surface area contributed by atoms with Gasteiger partial charge in [-0.25, -0.2) is 4.68 Å². The summed E-state index contributed by atoms with van der Waals surface area (Å²) in [6.07, 6.45) is 4.27. The van der Waals surface area contributed by atoms with E-state index in [0.717, 1.165) is 16.8 Å². The zero-order chi connectivity index (χ0) is 11.5. The Kier molecular flexibility index (Phi) is 2.86. The van der Waals surface area contributed by atoms with Gasteiger partial charge in [0.15, 0.2) is 5.78 Å². The second-order valence-electron chi connectivity index (χ2n) is 3.79. The molecule has 0 amide bonds. The summed E-state index contributed by atoms with van der Waals surface area (Å²) in [7, 11) is 0. The molecule has 82 valence electrons. The van der Waals surface area contributed by atoms with E-state index in [1.165, 1.54) is 0 Å². The summed E-state index contributed by atoms with van der Waals surface area (Å²) >= 11 is 0. The molecule has 0 fully saturated rings. The SMILES string of the molecule is CCC(=O)c1cccc(-n2cc(C)cn2)c1. The summed E-state index contributed by atoms with van der Waals surface area (Å²) in [5, 5.41) is 4.22. The summed E-state index contributed by atoms with van der Waals surface area (Å²) in [4.78, 5) is 11.6. The summed E-state index contributed by atoms with van der Waals surface area (Å²) in [6, 6.07) is 7.54. The van der Waals surface area contributed by atoms with Crippen molar-refractivity contribution in [3.05, 3.63) is 47.8 Å². The third-order valence-electron chi connectivity index (χ3n) is 2.47. The number of carbonyl (C=O) groups excluding carboxylic acids is 1. The molecule has 0 N–H and O–H groups in total. The Morgan fingerprint density at radius 3 is 2.88 bits per heavy atom. The maximum Gasteiger partial charge on any atom is 0.162 e. The van der Waals surface area contributed by atoms with Crippen molar-refractivity contribution in [1.82, 2.24) is 9.78 Å². The molecule has 0 spiro atoms. The van der Waals surface area contributed by atoms with Crippen LogP contribution in [0.3, 0.4) is 0 Å². The molecule has 1 heterocycles. The topological polar surface area (TPSA) is 34.9 Å². The minimum atomic E-state index is 0.158. The van der Waals surface area contributed by atoms with Crippen molar-refractivity contribution in [2.24, 2.45) is 0 Å². The van der Waals surface area contributed by atoms with Gasteiger partial charge < -0.3 is 0 Å². The van der Waals surface area contributed by atoms with Crippen LogP contribution >= 0.6 is 0 Å². The van der Waals surface area contributed by atoms with Crippen LogP contribution in [0.2, 0.25) is 0 Å². The number of hydrogen-bond acceptors (Lipinski definition) is 2. The molecule has 16 heavy (non-hydrogen) atoms. The first kappa shape index (κ1) is 10.6. The molecule has 2 aromatic rings. The molecule has 1 aromatic carbocycles. The number of rotatable bonds is 3. The van der Waals surface area contributed by atoms with Crippen LogP contribution in [0.25, 0.3) is 5.69 Å². The maximum absolute atomic E-state index is 11.6. The molecule has 0 aliphatic rings. The van der Waals surface area contributed by atoms with Gasteiger partial charge in [0.05, 0.1) is 11.9 Å². The van der Waals surface area contributed by atoms with Crippen LogP contribution < -0.4 is 0 Å². The van der Waals surface area contributed by atoms with Crippen LogP contribution in [0.4, 0.5) is 0 Å². The highest BCUT2D eigenvalue weighted by atomic mass is 16.1. The van der Waals surface area contributed by atoms with E-state index in [9.17, 15) is 4.79 Å². The molecule has 0 aliphatic heterocycles. The minimum absolute atomic E-state index is 0.158. The van der Waals surface area contributed by atoms with E-state index in [0.29, 0.717) is 6.42 Å². The van der Waals surface area contributed by atoms with E-state index in [2.05, 4.69) is 5.10 Å². The fraction of sp³-hybridized carbons (Fsp3) is 0.231. The first-order valence-corrected chi connectivity index (χ1v) is 5.35. The van der Waals surface area contributed by atoms with E-state index < -0.39 is 0 Å². The van der Waals surface area contributed by atoms with Crippen LogP contribution in [0, 0.1) is 6.92 Å². The highest BCUT2D eigenvalue weighted by Crippen LogP contribution is 2.12. The quantitative estimate of drug-likeness (QED) is 0.736. The van der Waals surface area contributed by atoms with Crippen LogP contribution in [-0.2, 0) is 0 Å². The lowest BCUT2D eigenvalue weighted by molar-refractivity contribution is 0.0988. The second kappa shape index (κ2) is 4.31. The molecular weight excluding hydrogens is 200 g/mol. The van der Waals surface area contributed by atoms with Gasteiger partial charge in [-0.05, 0) is 24.6 Å². The lowest BCUT2D eigenvalue weighted by atomic mass is 10.1. The van der Waals surface area contributed by atoms with E-state index >= 15 is 0 Å². The average molecular weight is 214 g/mol. The number of benzene rings is 1. The van der Waals surface area contributed by atoms with Crippen molar-refractivity contribution in [3.8, 4) is 5.69 Å². The van der Waals surface area contributed by atoms with Crippen molar-refractivity contribution in [3.63, 3.8) is 0 Å². The third-order valence-corrected chi connectivity index (χ3v) is 2.47. The van der Waals surface area contributed by atoms with E-state index in [1.54, 1.807) is 10.9 Å². The number of aromatic nitrogens is 2. The number of Topliss-reactive ketones (excluding diaryl/α,β-unsaturated/α-hetero) is 1. The van der Waals surface area contributed by atoms with Crippen LogP contribution in [-0.4, -0.2) is 15.6 Å². The van der Waals surface area contributed by atoms with Gasteiger partial charge in [0.2, 0.25) is 0 Å². The number of hydrogen-bond donors (Lipinski definition) is 0. The maximum atomic E-state index is 11.6. The molecule has 2 rings (SSSR count). The van der Waals surface area contributed by atoms with Gasteiger partial charge in [-0.15, -0.1) is 0 Å². The van der Waals surface area contributed by atoms with Gasteiger partial charge in [0.1, 0.15) is 0 Å². The summed E-state index contributed by atoms with van der Waals surface area (Å²) in [5.74, 6) is 0.158. The van der Waals surface area contributed by atoms with Crippen molar-refractivity contribution < 1.29 is 4.79 Å². The summed E-state index contributed by atoms with van der Waals surface area (Å²) < 4.78 is 1.78. The summed E-state index contributed by atoms with van der Waals surface area (Å²) in [6.45, 7) is 3.86. The molecule has 0 saturated carbocycles. The van der Waals surface area contributed by atoms with Gasteiger partial charge in [0.25, 0.3) is 0 Å². The first-order valence-electron chi connectivity index (χ1n) is 5.35. The van der Waals surface area contributed by atoms with Gasteiger partial charge in [-0.3, -0.25) is 4.79 Å². The van der Waals surface area contributed by atoms with Gasteiger partial charge in [-0.2, -0.15) is 5.10 Å². The van der Waals surface area contributed by atoms with Crippen LogP contribution in [0.15, 0.2) is 36.7 Å². The Morgan fingerprint density at radius 1 is 1.44 bits per heavy atom. The number of carbonyl (C=O) groups is 1. The Bertz CT molecular complexity index is 514. The fourth-order valence-electron chi connectivity index (χ4n) is 1.58. The summed E-state index contributed by atoms with van der Waals surface area (Å²) in [5.41, 5.74) is 2.77. The molecule has 0 saturated heterocycles. The molecule has 3 nitrogen and oxygen atoms in total. The molecule has 0 atom stereocenters. The Morgan fingerprint density at radius 2 is 2.25 bits per heavy atom. The van der Waals surface area contributed by atoms with E-state index in [-0.39, 0.29) is 5.78 Å².